The van der Waals surface area contributed by atoms with E-state index in [9.17, 15) is 0 Å². The summed E-state index contributed by atoms with van der Waals surface area (Å²) in [5.41, 5.74) is 0.305. The van der Waals surface area contributed by atoms with Gasteiger partial charge in [0, 0.05) is 11.6 Å². The van der Waals surface area contributed by atoms with Crippen molar-refractivity contribution in [3.8, 4) is 0 Å². The van der Waals surface area contributed by atoms with Gasteiger partial charge in [-0.25, -0.2) is 0 Å². The maximum absolute atomic E-state index is 3.82. The van der Waals surface area contributed by atoms with Crippen LogP contribution in [0.4, 0.5) is 0 Å². The highest BCUT2D eigenvalue weighted by molar-refractivity contribution is 4.98. The molecule has 0 aliphatic carbocycles. The van der Waals surface area contributed by atoms with Crippen LogP contribution in [0.25, 0.3) is 0 Å². The molecule has 1 atom stereocenters. The summed E-state index contributed by atoms with van der Waals surface area (Å²) in [7, 11) is 2.11. The molecule has 1 unspecified atom stereocenters. The minimum atomic E-state index is 0.305. The monoisotopic (exact) mass is 254 g/mol. The fourth-order valence-electron chi connectivity index (χ4n) is 3.41. The molecule has 0 aromatic heterocycles. The lowest BCUT2D eigenvalue weighted by Crippen LogP contribution is -2.60. The molecule has 1 N–H and O–H groups in total. The second-order valence-corrected chi connectivity index (χ2v) is 5.04. The number of likely N-dealkylation sites (N-methyl/N-ethyl adjacent to an activating group) is 2. The first-order valence-electron chi connectivity index (χ1n) is 7.69. The van der Waals surface area contributed by atoms with Crippen LogP contribution in [0.15, 0.2) is 12.7 Å². The lowest BCUT2D eigenvalue weighted by Gasteiger charge is -2.48. The number of unbranched alkanes of at least 4 members (excludes halogenated alkanes) is 1. The second-order valence-electron chi connectivity index (χ2n) is 5.04. The molecule has 0 aliphatic rings. The summed E-state index contributed by atoms with van der Waals surface area (Å²) < 4.78 is 0. The number of allylic oxidation sites excluding steroid dienone is 1. The molecule has 18 heavy (non-hydrogen) atoms. The Morgan fingerprint density at radius 1 is 1.17 bits per heavy atom. The second kappa shape index (κ2) is 9.57. The molecule has 0 aromatic carbocycles. The Kier molecular flexibility index (Phi) is 9.39. The first-order chi connectivity index (χ1) is 8.66. The number of hydrogen-bond acceptors (Lipinski definition) is 2. The Bertz CT molecular complexity index is 205. The Labute approximate surface area is 115 Å². The Morgan fingerprint density at radius 3 is 2.06 bits per heavy atom. The molecule has 0 fully saturated rings. The van der Waals surface area contributed by atoms with Crippen molar-refractivity contribution in [2.45, 2.75) is 71.4 Å². The standard InChI is InChI=1S/C16H34N2/c1-7-12-13-14-15(17-6)16(8-2,9-3)18(10-4)11-5/h7,15,17H,1,8-14H2,2-6H3. The van der Waals surface area contributed by atoms with E-state index in [2.05, 4.69) is 51.5 Å². The number of hydrogen-bond donors (Lipinski definition) is 1. The molecule has 0 saturated heterocycles. The summed E-state index contributed by atoms with van der Waals surface area (Å²) >= 11 is 0. The zero-order valence-electron chi connectivity index (χ0n) is 13.3. The van der Waals surface area contributed by atoms with Crippen LogP contribution in [0.1, 0.15) is 59.8 Å². The van der Waals surface area contributed by atoms with E-state index in [1.54, 1.807) is 0 Å². The van der Waals surface area contributed by atoms with Crippen molar-refractivity contribution >= 4 is 0 Å². The van der Waals surface area contributed by atoms with Gasteiger partial charge in [0.25, 0.3) is 0 Å². The van der Waals surface area contributed by atoms with Crippen molar-refractivity contribution < 1.29 is 0 Å². The lowest BCUT2D eigenvalue weighted by molar-refractivity contribution is 0.0482. The average Bonchev–Trinajstić information content (AvgIpc) is 2.42. The van der Waals surface area contributed by atoms with Gasteiger partial charge in [-0.05, 0) is 52.2 Å². The fourth-order valence-corrected chi connectivity index (χ4v) is 3.41. The van der Waals surface area contributed by atoms with E-state index >= 15 is 0 Å². The Balaban J connectivity index is 4.93. The minimum absolute atomic E-state index is 0.305. The van der Waals surface area contributed by atoms with Crippen LogP contribution in [0.3, 0.4) is 0 Å². The van der Waals surface area contributed by atoms with Crippen LogP contribution >= 0.6 is 0 Å². The van der Waals surface area contributed by atoms with Crippen LogP contribution < -0.4 is 5.32 Å². The van der Waals surface area contributed by atoms with Crippen molar-refractivity contribution in [2.24, 2.45) is 0 Å². The summed E-state index contributed by atoms with van der Waals surface area (Å²) in [5.74, 6) is 0. The van der Waals surface area contributed by atoms with Crippen LogP contribution in [0.5, 0.6) is 0 Å². The molecular weight excluding hydrogens is 220 g/mol. The van der Waals surface area contributed by atoms with Gasteiger partial charge in [0.2, 0.25) is 0 Å². The van der Waals surface area contributed by atoms with Gasteiger partial charge in [-0.1, -0.05) is 33.8 Å². The molecule has 0 radical (unpaired) electrons. The summed E-state index contributed by atoms with van der Waals surface area (Å²) in [5, 5.41) is 3.58. The van der Waals surface area contributed by atoms with Gasteiger partial charge >= 0.3 is 0 Å². The molecule has 0 bridgehead atoms. The third-order valence-electron chi connectivity index (χ3n) is 4.52. The zero-order chi connectivity index (χ0) is 14.0. The minimum Gasteiger partial charge on any atom is -0.315 e. The van der Waals surface area contributed by atoms with Gasteiger partial charge in [0.1, 0.15) is 0 Å². The molecule has 0 aliphatic heterocycles. The first-order valence-corrected chi connectivity index (χ1v) is 7.69. The summed E-state index contributed by atoms with van der Waals surface area (Å²) in [6, 6.07) is 0.576. The third kappa shape index (κ3) is 4.10. The van der Waals surface area contributed by atoms with Crippen LogP contribution in [0, 0.1) is 0 Å². The van der Waals surface area contributed by atoms with Crippen molar-refractivity contribution in [3.05, 3.63) is 12.7 Å². The first kappa shape index (κ1) is 17.7. The van der Waals surface area contributed by atoms with E-state index in [0.29, 0.717) is 11.6 Å². The molecule has 0 amide bonds. The highest BCUT2D eigenvalue weighted by atomic mass is 15.2. The van der Waals surface area contributed by atoms with Crippen molar-refractivity contribution in [3.63, 3.8) is 0 Å². The van der Waals surface area contributed by atoms with Crippen LogP contribution in [-0.4, -0.2) is 36.6 Å². The Morgan fingerprint density at radius 2 is 1.72 bits per heavy atom. The van der Waals surface area contributed by atoms with Gasteiger partial charge in [0.15, 0.2) is 0 Å². The van der Waals surface area contributed by atoms with E-state index < -0.39 is 0 Å². The molecule has 108 valence electrons. The predicted octanol–water partition coefficient (Wildman–Crippen LogP) is 3.83. The smallest absolute Gasteiger partial charge is 0.0356 e. The number of nitrogens with zero attached hydrogens (tertiary/aromatic N) is 1. The summed E-state index contributed by atoms with van der Waals surface area (Å²) in [6.45, 7) is 15.3. The van der Waals surface area contributed by atoms with E-state index in [4.69, 9.17) is 0 Å². The van der Waals surface area contributed by atoms with E-state index in [0.717, 1.165) is 19.5 Å². The van der Waals surface area contributed by atoms with Crippen molar-refractivity contribution in [1.82, 2.24) is 10.2 Å². The molecule has 0 spiro atoms. The maximum Gasteiger partial charge on any atom is 0.0356 e. The SMILES string of the molecule is C=CCCCC(NC)C(CC)(CC)N(CC)CC. The van der Waals surface area contributed by atoms with Gasteiger partial charge in [-0.3, -0.25) is 4.90 Å². The molecule has 0 aromatic rings. The molecule has 2 heteroatoms. The Hall–Kier alpha value is -0.340. The topological polar surface area (TPSA) is 15.3 Å². The number of rotatable bonds is 11. The number of nitrogens with one attached hydrogen (secondary N) is 1. The molecular formula is C16H34N2. The highest BCUT2D eigenvalue weighted by Gasteiger charge is 2.38. The van der Waals surface area contributed by atoms with E-state index in [1.807, 2.05) is 6.08 Å². The van der Waals surface area contributed by atoms with E-state index in [-0.39, 0.29) is 0 Å². The third-order valence-corrected chi connectivity index (χ3v) is 4.52. The zero-order valence-corrected chi connectivity index (χ0v) is 13.3. The molecule has 0 rings (SSSR count). The largest absolute Gasteiger partial charge is 0.315 e. The predicted molar refractivity (Wildman–Crippen MR) is 83.1 cm³/mol. The highest BCUT2D eigenvalue weighted by Crippen LogP contribution is 2.30. The molecule has 2 nitrogen and oxygen atoms in total. The van der Waals surface area contributed by atoms with Crippen molar-refractivity contribution in [1.29, 1.82) is 0 Å². The molecule has 0 saturated carbocycles. The maximum atomic E-state index is 3.82. The fraction of sp³-hybridized carbons (Fsp3) is 0.875. The average molecular weight is 254 g/mol. The summed E-state index contributed by atoms with van der Waals surface area (Å²) in [6.07, 6.45) is 8.05. The van der Waals surface area contributed by atoms with Gasteiger partial charge in [0.05, 0.1) is 0 Å². The van der Waals surface area contributed by atoms with Crippen LogP contribution in [0.2, 0.25) is 0 Å². The van der Waals surface area contributed by atoms with Gasteiger partial charge in [-0.15, -0.1) is 6.58 Å². The molecule has 0 heterocycles. The normalized spacial score (nSPS) is 13.9. The van der Waals surface area contributed by atoms with Crippen molar-refractivity contribution in [2.75, 3.05) is 20.1 Å². The van der Waals surface area contributed by atoms with Gasteiger partial charge < -0.3 is 5.32 Å². The quantitative estimate of drug-likeness (QED) is 0.445. The summed E-state index contributed by atoms with van der Waals surface area (Å²) in [4.78, 5) is 2.64. The van der Waals surface area contributed by atoms with Crippen LogP contribution in [-0.2, 0) is 0 Å². The van der Waals surface area contributed by atoms with E-state index in [1.165, 1.54) is 25.7 Å². The lowest BCUT2D eigenvalue weighted by atomic mass is 9.80. The van der Waals surface area contributed by atoms with Gasteiger partial charge in [-0.2, -0.15) is 0 Å².